The summed E-state index contributed by atoms with van der Waals surface area (Å²) in [6, 6.07) is 16.3. The molecule has 0 spiro atoms. The fourth-order valence-electron chi connectivity index (χ4n) is 3.22. The van der Waals surface area contributed by atoms with Crippen LogP contribution in [0.1, 0.15) is 48.9 Å². The van der Waals surface area contributed by atoms with Gasteiger partial charge in [0, 0.05) is 18.4 Å². The molecule has 3 rings (SSSR count). The van der Waals surface area contributed by atoms with Crippen LogP contribution in [0.5, 0.6) is 0 Å². The minimum absolute atomic E-state index is 0.00403. The van der Waals surface area contributed by atoms with Gasteiger partial charge in [0.1, 0.15) is 0 Å². The normalized spacial score (nSPS) is 12.2. The maximum Gasteiger partial charge on any atom is 0.221 e. The molecule has 146 valence electrons. The number of nitrogens with one attached hydrogen (secondary N) is 1. The molecule has 1 unspecified atom stereocenters. The summed E-state index contributed by atoms with van der Waals surface area (Å²) in [7, 11) is 0. The monoisotopic (exact) mass is 376 g/mol. The van der Waals surface area contributed by atoms with Crippen LogP contribution in [0.15, 0.2) is 59.1 Å². The number of aryl methyl sites for hydroxylation is 3. The molecule has 28 heavy (non-hydrogen) atoms. The lowest BCUT2D eigenvalue weighted by Crippen LogP contribution is -2.31. The smallest absolute Gasteiger partial charge is 0.221 e. The topological polar surface area (TPSA) is 55.1 Å². The average molecular weight is 377 g/mol. The third-order valence-electron chi connectivity index (χ3n) is 5.05. The predicted molar refractivity (Wildman–Crippen MR) is 112 cm³/mol. The maximum absolute atomic E-state index is 12.5. The first-order chi connectivity index (χ1) is 13.4. The second-order valence-electron chi connectivity index (χ2n) is 7.62. The van der Waals surface area contributed by atoms with Crippen LogP contribution in [0.4, 0.5) is 0 Å². The minimum Gasteiger partial charge on any atom is -0.441 e. The fourth-order valence-corrected chi connectivity index (χ4v) is 3.22. The Morgan fingerprint density at radius 2 is 1.82 bits per heavy atom. The largest absolute Gasteiger partial charge is 0.441 e. The van der Waals surface area contributed by atoms with E-state index in [1.165, 1.54) is 11.1 Å². The molecule has 4 heteroatoms. The highest BCUT2D eigenvalue weighted by molar-refractivity contribution is 5.76. The average Bonchev–Trinajstić information content (AvgIpc) is 3.16. The summed E-state index contributed by atoms with van der Waals surface area (Å²) in [5, 5.41) is 3.15. The van der Waals surface area contributed by atoms with E-state index >= 15 is 0 Å². The number of nitrogens with zero attached hydrogens (tertiary/aromatic N) is 1. The van der Waals surface area contributed by atoms with Crippen molar-refractivity contribution < 1.29 is 9.21 Å². The summed E-state index contributed by atoms with van der Waals surface area (Å²) in [5.74, 6) is 1.64. The van der Waals surface area contributed by atoms with Gasteiger partial charge in [0.2, 0.25) is 5.91 Å². The summed E-state index contributed by atoms with van der Waals surface area (Å²) in [4.78, 5) is 16.8. The second-order valence-corrected chi connectivity index (χ2v) is 7.62. The Morgan fingerprint density at radius 3 is 2.50 bits per heavy atom. The standard InChI is InChI=1S/C24H28N2O2/c1-16(2)24(19-8-6-5-7-9-19)26-22(27)12-13-23-25-15-21(28-23)20-11-10-17(3)18(4)14-20/h5-11,14-16,24H,12-13H2,1-4H3,(H,26,27). The first-order valence-corrected chi connectivity index (χ1v) is 9.80. The van der Waals surface area contributed by atoms with E-state index in [-0.39, 0.29) is 11.9 Å². The lowest BCUT2D eigenvalue weighted by atomic mass is 9.96. The molecule has 1 N–H and O–H groups in total. The Labute approximate surface area is 167 Å². The van der Waals surface area contributed by atoms with Crippen molar-refractivity contribution in [2.45, 2.75) is 46.6 Å². The first-order valence-electron chi connectivity index (χ1n) is 9.80. The Morgan fingerprint density at radius 1 is 1.07 bits per heavy atom. The maximum atomic E-state index is 12.5. The number of amides is 1. The Kier molecular flexibility index (Phi) is 6.30. The van der Waals surface area contributed by atoms with Crippen molar-refractivity contribution in [2.75, 3.05) is 0 Å². The van der Waals surface area contributed by atoms with Crippen molar-refractivity contribution in [1.29, 1.82) is 0 Å². The van der Waals surface area contributed by atoms with E-state index in [0.717, 1.165) is 16.9 Å². The molecule has 0 aliphatic heterocycles. The van der Waals surface area contributed by atoms with E-state index < -0.39 is 0 Å². The summed E-state index contributed by atoms with van der Waals surface area (Å²) >= 11 is 0. The quantitative estimate of drug-likeness (QED) is 0.600. The predicted octanol–water partition coefficient (Wildman–Crippen LogP) is 5.40. The molecule has 2 aromatic carbocycles. The molecule has 3 aromatic rings. The van der Waals surface area contributed by atoms with Crippen LogP contribution in [0.25, 0.3) is 11.3 Å². The van der Waals surface area contributed by atoms with Crippen LogP contribution in [0.2, 0.25) is 0 Å². The number of carbonyl (C=O) groups is 1. The van der Waals surface area contributed by atoms with Gasteiger partial charge in [-0.15, -0.1) is 0 Å². The molecule has 1 aromatic heterocycles. The van der Waals surface area contributed by atoms with E-state index in [2.05, 4.69) is 62.3 Å². The molecule has 0 bridgehead atoms. The van der Waals surface area contributed by atoms with Gasteiger partial charge in [-0.3, -0.25) is 4.79 Å². The SMILES string of the molecule is Cc1ccc(-c2cnc(CCC(=O)NC(c3ccccc3)C(C)C)o2)cc1C. The zero-order chi connectivity index (χ0) is 20.1. The number of benzene rings is 2. The fraction of sp³-hybridized carbons (Fsp3) is 0.333. The highest BCUT2D eigenvalue weighted by Gasteiger charge is 2.18. The van der Waals surface area contributed by atoms with Gasteiger partial charge < -0.3 is 9.73 Å². The molecule has 0 saturated heterocycles. The summed E-state index contributed by atoms with van der Waals surface area (Å²) in [6.45, 7) is 8.39. The molecule has 0 fully saturated rings. The molecule has 1 heterocycles. The van der Waals surface area contributed by atoms with Crippen LogP contribution in [-0.2, 0) is 11.2 Å². The molecule has 0 radical (unpaired) electrons. The van der Waals surface area contributed by atoms with Crippen LogP contribution in [0.3, 0.4) is 0 Å². The van der Waals surface area contributed by atoms with Gasteiger partial charge in [0.25, 0.3) is 0 Å². The molecule has 0 aliphatic rings. The summed E-state index contributed by atoms with van der Waals surface area (Å²) < 4.78 is 5.86. The number of rotatable bonds is 7. The summed E-state index contributed by atoms with van der Waals surface area (Å²) in [5.41, 5.74) is 4.60. The number of carbonyl (C=O) groups excluding carboxylic acids is 1. The number of aromatic nitrogens is 1. The van der Waals surface area contributed by atoms with Crippen molar-refractivity contribution in [3.8, 4) is 11.3 Å². The van der Waals surface area contributed by atoms with Crippen LogP contribution < -0.4 is 5.32 Å². The molecular weight excluding hydrogens is 348 g/mol. The highest BCUT2D eigenvalue weighted by atomic mass is 16.4. The Hall–Kier alpha value is -2.88. The van der Waals surface area contributed by atoms with Gasteiger partial charge in [-0.2, -0.15) is 0 Å². The number of hydrogen-bond acceptors (Lipinski definition) is 3. The zero-order valence-electron chi connectivity index (χ0n) is 17.0. The molecule has 0 saturated carbocycles. The van der Waals surface area contributed by atoms with E-state index in [0.29, 0.717) is 24.7 Å². The van der Waals surface area contributed by atoms with Gasteiger partial charge in [0.05, 0.1) is 12.2 Å². The van der Waals surface area contributed by atoms with Gasteiger partial charge in [0.15, 0.2) is 11.7 Å². The van der Waals surface area contributed by atoms with Gasteiger partial charge >= 0.3 is 0 Å². The van der Waals surface area contributed by atoms with Crippen molar-refractivity contribution >= 4 is 5.91 Å². The van der Waals surface area contributed by atoms with Crippen LogP contribution in [0, 0.1) is 19.8 Å². The van der Waals surface area contributed by atoms with Crippen molar-refractivity contribution in [1.82, 2.24) is 10.3 Å². The lowest BCUT2D eigenvalue weighted by molar-refractivity contribution is -0.122. The van der Waals surface area contributed by atoms with Crippen molar-refractivity contribution in [2.24, 2.45) is 5.92 Å². The molecular formula is C24H28N2O2. The third kappa shape index (κ3) is 4.89. The molecule has 4 nitrogen and oxygen atoms in total. The van der Waals surface area contributed by atoms with E-state index in [1.807, 2.05) is 24.3 Å². The van der Waals surface area contributed by atoms with Crippen molar-refractivity contribution in [3.05, 3.63) is 77.3 Å². The lowest BCUT2D eigenvalue weighted by Gasteiger charge is -2.22. The van der Waals surface area contributed by atoms with Gasteiger partial charge in [-0.25, -0.2) is 4.98 Å². The third-order valence-corrected chi connectivity index (χ3v) is 5.05. The highest BCUT2D eigenvalue weighted by Crippen LogP contribution is 2.24. The molecule has 0 aliphatic carbocycles. The van der Waals surface area contributed by atoms with E-state index in [9.17, 15) is 4.79 Å². The van der Waals surface area contributed by atoms with E-state index in [1.54, 1.807) is 6.20 Å². The molecule has 1 atom stereocenters. The van der Waals surface area contributed by atoms with Gasteiger partial charge in [-0.05, 0) is 42.5 Å². The first kappa shape index (κ1) is 19.9. The van der Waals surface area contributed by atoms with Crippen LogP contribution in [-0.4, -0.2) is 10.9 Å². The van der Waals surface area contributed by atoms with Gasteiger partial charge in [-0.1, -0.05) is 56.3 Å². The Balaban J connectivity index is 1.60. The molecule has 1 amide bonds. The Bertz CT molecular complexity index is 929. The minimum atomic E-state index is 0.00403. The summed E-state index contributed by atoms with van der Waals surface area (Å²) in [6.07, 6.45) is 2.57. The number of oxazole rings is 1. The van der Waals surface area contributed by atoms with E-state index in [4.69, 9.17) is 4.42 Å². The zero-order valence-corrected chi connectivity index (χ0v) is 17.0. The van der Waals surface area contributed by atoms with Crippen LogP contribution >= 0.6 is 0 Å². The second kappa shape index (κ2) is 8.87. The number of hydrogen-bond donors (Lipinski definition) is 1. The van der Waals surface area contributed by atoms with Crippen molar-refractivity contribution in [3.63, 3.8) is 0 Å².